The van der Waals surface area contributed by atoms with Gasteiger partial charge in [0.25, 0.3) is 0 Å². The highest BCUT2D eigenvalue weighted by atomic mass is 32.2. The minimum Gasteiger partial charge on any atom is -0.462 e. The van der Waals surface area contributed by atoms with Crippen LogP contribution < -0.4 is 4.18 Å². The van der Waals surface area contributed by atoms with E-state index in [2.05, 4.69) is 8.92 Å². The summed E-state index contributed by atoms with van der Waals surface area (Å²) in [6.07, 6.45) is 0.721. The second-order valence-electron chi connectivity index (χ2n) is 3.42. The summed E-state index contributed by atoms with van der Waals surface area (Å²) in [6, 6.07) is 3.45. The summed E-state index contributed by atoms with van der Waals surface area (Å²) in [6.45, 7) is 1.59. The number of rotatable bonds is 5. The van der Waals surface area contributed by atoms with Crippen molar-refractivity contribution in [2.24, 2.45) is 0 Å². The SMILES string of the molecule is CCOC(=O)c1cccc([N+](=O)[O-])c1OS(C)(=O)=O. The second kappa shape index (κ2) is 5.65. The van der Waals surface area contributed by atoms with Crippen LogP contribution in [0.1, 0.15) is 17.3 Å². The number of benzene rings is 1. The molecule has 8 nitrogen and oxygen atoms in total. The molecule has 0 unspecified atom stereocenters. The Bertz CT molecular complexity index is 608. The molecule has 0 amide bonds. The zero-order valence-electron chi connectivity index (χ0n) is 10.2. The quantitative estimate of drug-likeness (QED) is 0.345. The summed E-state index contributed by atoms with van der Waals surface area (Å²) in [4.78, 5) is 21.6. The van der Waals surface area contributed by atoms with E-state index in [4.69, 9.17) is 0 Å². The number of esters is 1. The number of para-hydroxylation sites is 1. The molecule has 0 spiro atoms. The summed E-state index contributed by atoms with van der Waals surface area (Å²) in [5, 5.41) is 10.8. The molecular weight excluding hydrogens is 278 g/mol. The standard InChI is InChI=1S/C10H11NO7S/c1-3-17-10(12)7-5-4-6-8(11(13)14)9(7)18-19(2,15)16/h4-6H,3H2,1-2H3. The van der Waals surface area contributed by atoms with Gasteiger partial charge in [0.15, 0.2) is 0 Å². The fourth-order valence-electron chi connectivity index (χ4n) is 1.28. The van der Waals surface area contributed by atoms with Gasteiger partial charge in [-0.25, -0.2) is 4.79 Å². The number of carbonyl (C=O) groups is 1. The monoisotopic (exact) mass is 289 g/mol. The van der Waals surface area contributed by atoms with Crippen molar-refractivity contribution in [3.63, 3.8) is 0 Å². The van der Waals surface area contributed by atoms with Gasteiger partial charge in [-0.3, -0.25) is 10.1 Å². The van der Waals surface area contributed by atoms with Crippen LogP contribution in [-0.2, 0) is 14.9 Å². The summed E-state index contributed by atoms with van der Waals surface area (Å²) < 4.78 is 31.4. The van der Waals surface area contributed by atoms with Gasteiger partial charge in [-0.15, -0.1) is 0 Å². The Hall–Kier alpha value is -2.16. The molecule has 0 heterocycles. The maximum atomic E-state index is 11.6. The number of hydrogen-bond acceptors (Lipinski definition) is 7. The smallest absolute Gasteiger partial charge is 0.342 e. The van der Waals surface area contributed by atoms with Crippen LogP contribution in [0.4, 0.5) is 5.69 Å². The first-order valence-electron chi connectivity index (χ1n) is 5.10. The highest BCUT2D eigenvalue weighted by molar-refractivity contribution is 7.86. The molecule has 0 atom stereocenters. The predicted octanol–water partition coefficient (Wildman–Crippen LogP) is 1.11. The first-order valence-corrected chi connectivity index (χ1v) is 6.92. The molecule has 0 saturated heterocycles. The maximum absolute atomic E-state index is 11.6. The summed E-state index contributed by atoms with van der Waals surface area (Å²) >= 11 is 0. The van der Waals surface area contributed by atoms with Crippen molar-refractivity contribution in [1.29, 1.82) is 0 Å². The third-order valence-electron chi connectivity index (χ3n) is 1.92. The van der Waals surface area contributed by atoms with Crippen LogP contribution in [0, 0.1) is 10.1 Å². The highest BCUT2D eigenvalue weighted by Crippen LogP contribution is 2.32. The minimum absolute atomic E-state index is 0.0415. The Morgan fingerprint density at radius 1 is 1.42 bits per heavy atom. The van der Waals surface area contributed by atoms with Crippen LogP contribution in [0.2, 0.25) is 0 Å². The Morgan fingerprint density at radius 2 is 2.05 bits per heavy atom. The van der Waals surface area contributed by atoms with E-state index in [1.807, 2.05) is 0 Å². The lowest BCUT2D eigenvalue weighted by Gasteiger charge is -2.08. The third-order valence-corrected chi connectivity index (χ3v) is 2.39. The second-order valence-corrected chi connectivity index (χ2v) is 4.99. The number of nitro groups is 1. The molecule has 0 aliphatic carbocycles. The van der Waals surface area contributed by atoms with Gasteiger partial charge in [-0.05, 0) is 13.0 Å². The summed E-state index contributed by atoms with van der Waals surface area (Å²) in [5.41, 5.74) is -0.947. The van der Waals surface area contributed by atoms with E-state index in [9.17, 15) is 23.3 Å². The highest BCUT2D eigenvalue weighted by Gasteiger charge is 2.26. The minimum atomic E-state index is -4.02. The number of nitro benzene ring substituents is 1. The first kappa shape index (κ1) is 14.9. The van der Waals surface area contributed by atoms with Crippen LogP contribution in [0.15, 0.2) is 18.2 Å². The average molecular weight is 289 g/mol. The lowest BCUT2D eigenvalue weighted by atomic mass is 10.2. The van der Waals surface area contributed by atoms with Crippen LogP contribution in [-0.4, -0.2) is 32.2 Å². The number of ether oxygens (including phenoxy) is 1. The molecular formula is C10H11NO7S. The number of nitrogens with zero attached hydrogens (tertiary/aromatic N) is 1. The van der Waals surface area contributed by atoms with Crippen molar-refractivity contribution in [3.8, 4) is 5.75 Å². The van der Waals surface area contributed by atoms with E-state index in [1.54, 1.807) is 6.92 Å². The van der Waals surface area contributed by atoms with Crippen molar-refractivity contribution in [1.82, 2.24) is 0 Å². The van der Waals surface area contributed by atoms with Gasteiger partial charge >= 0.3 is 21.8 Å². The molecule has 1 aromatic rings. The fourth-order valence-corrected chi connectivity index (χ4v) is 1.76. The zero-order valence-corrected chi connectivity index (χ0v) is 11.0. The van der Waals surface area contributed by atoms with E-state index in [0.717, 1.165) is 12.3 Å². The van der Waals surface area contributed by atoms with Crippen molar-refractivity contribution in [2.45, 2.75) is 6.92 Å². The lowest BCUT2D eigenvalue weighted by Crippen LogP contribution is -2.13. The molecule has 1 aromatic carbocycles. The number of carbonyl (C=O) groups excluding carboxylic acids is 1. The van der Waals surface area contributed by atoms with Crippen molar-refractivity contribution >= 4 is 21.8 Å². The molecule has 0 fully saturated rings. The molecule has 0 radical (unpaired) electrons. The van der Waals surface area contributed by atoms with E-state index >= 15 is 0 Å². The molecule has 0 saturated carbocycles. The van der Waals surface area contributed by atoms with E-state index < -0.39 is 32.4 Å². The Balaban J connectivity index is 3.42. The Labute approximate surface area is 109 Å². The molecule has 0 aromatic heterocycles. The van der Waals surface area contributed by atoms with Gasteiger partial charge in [0.05, 0.1) is 17.8 Å². The fraction of sp³-hybridized carbons (Fsp3) is 0.300. The molecule has 0 aliphatic rings. The normalized spacial score (nSPS) is 10.8. The third kappa shape index (κ3) is 3.91. The first-order chi connectivity index (χ1) is 8.76. The van der Waals surface area contributed by atoms with E-state index in [0.29, 0.717) is 0 Å². The van der Waals surface area contributed by atoms with Crippen LogP contribution in [0.25, 0.3) is 0 Å². The molecule has 1 rings (SSSR count). The van der Waals surface area contributed by atoms with Gasteiger partial charge in [0, 0.05) is 6.07 Å². The molecule has 19 heavy (non-hydrogen) atoms. The van der Waals surface area contributed by atoms with E-state index in [-0.39, 0.29) is 12.2 Å². The summed E-state index contributed by atoms with van der Waals surface area (Å²) in [5.74, 6) is -1.54. The van der Waals surface area contributed by atoms with Crippen LogP contribution in [0.3, 0.4) is 0 Å². The molecule has 9 heteroatoms. The predicted molar refractivity (Wildman–Crippen MR) is 64.5 cm³/mol. The van der Waals surface area contributed by atoms with E-state index in [1.165, 1.54) is 12.1 Å². The summed E-state index contributed by atoms with van der Waals surface area (Å²) in [7, 11) is -4.02. The zero-order chi connectivity index (χ0) is 14.6. The van der Waals surface area contributed by atoms with Gasteiger partial charge in [-0.1, -0.05) is 6.07 Å². The Morgan fingerprint density at radius 3 is 2.53 bits per heavy atom. The van der Waals surface area contributed by atoms with Crippen molar-refractivity contribution in [2.75, 3.05) is 12.9 Å². The molecule has 0 N–H and O–H groups in total. The molecule has 104 valence electrons. The molecule has 0 bridgehead atoms. The van der Waals surface area contributed by atoms with Gasteiger partial charge in [0.2, 0.25) is 5.75 Å². The largest absolute Gasteiger partial charge is 0.462 e. The van der Waals surface area contributed by atoms with Gasteiger partial charge in [0.1, 0.15) is 5.56 Å². The van der Waals surface area contributed by atoms with Crippen LogP contribution >= 0.6 is 0 Å². The van der Waals surface area contributed by atoms with Gasteiger partial charge in [-0.2, -0.15) is 8.42 Å². The average Bonchev–Trinajstić information content (AvgIpc) is 2.27. The number of hydrogen-bond donors (Lipinski definition) is 0. The topological polar surface area (TPSA) is 113 Å². The lowest BCUT2D eigenvalue weighted by molar-refractivity contribution is -0.385. The van der Waals surface area contributed by atoms with Crippen molar-refractivity contribution < 1.29 is 27.1 Å². The maximum Gasteiger partial charge on any atom is 0.342 e. The van der Waals surface area contributed by atoms with Crippen LogP contribution in [0.5, 0.6) is 5.75 Å². The van der Waals surface area contributed by atoms with Gasteiger partial charge < -0.3 is 8.92 Å². The van der Waals surface area contributed by atoms with Crippen molar-refractivity contribution in [3.05, 3.63) is 33.9 Å². The molecule has 0 aliphatic heterocycles. The Kier molecular flexibility index (Phi) is 4.43.